The van der Waals surface area contributed by atoms with E-state index in [0.29, 0.717) is 34.0 Å². The molecule has 0 saturated carbocycles. The minimum absolute atomic E-state index is 0.0116. The maximum atomic E-state index is 12.4. The van der Waals surface area contributed by atoms with E-state index >= 15 is 0 Å². The van der Waals surface area contributed by atoms with Gasteiger partial charge in [0.05, 0.1) is 9.50 Å². The van der Waals surface area contributed by atoms with Gasteiger partial charge in [0.15, 0.2) is 5.75 Å². The van der Waals surface area contributed by atoms with Crippen LogP contribution < -0.4 is 10.1 Å². The number of hydrogen-bond donors (Lipinski definition) is 1. The van der Waals surface area contributed by atoms with Crippen LogP contribution >= 0.6 is 43.5 Å². The zero-order valence-corrected chi connectivity index (χ0v) is 20.2. The average Bonchev–Trinajstić information content (AvgIpc) is 2.77. The fraction of sp³-hybridized carbons (Fsp3) is 0.0833. The molecule has 0 aliphatic heterocycles. The van der Waals surface area contributed by atoms with Crippen molar-refractivity contribution in [2.45, 2.75) is 13.2 Å². The minimum atomic E-state index is -0.450. The molecule has 0 radical (unpaired) electrons. The first-order chi connectivity index (χ1) is 15.0. The van der Waals surface area contributed by atoms with E-state index < -0.39 is 5.91 Å². The van der Waals surface area contributed by atoms with Gasteiger partial charge in [-0.05, 0) is 63.0 Å². The van der Waals surface area contributed by atoms with Gasteiger partial charge in [0.25, 0.3) is 5.91 Å². The smallest absolute Gasteiger partial charge is 0.262 e. The number of nitrogens with zero attached hydrogens (tertiary/aromatic N) is 1. The Labute approximate surface area is 202 Å². The minimum Gasteiger partial charge on any atom is -0.486 e. The summed E-state index contributed by atoms with van der Waals surface area (Å²) in [6.45, 7) is 0.693. The molecular formula is C24H17Br2ClN2O2. The highest BCUT2D eigenvalue weighted by atomic mass is 79.9. The summed E-state index contributed by atoms with van der Waals surface area (Å²) in [5.41, 5.74) is 2.55. The van der Waals surface area contributed by atoms with Crippen LogP contribution in [0.3, 0.4) is 0 Å². The highest BCUT2D eigenvalue weighted by Crippen LogP contribution is 2.35. The lowest BCUT2D eigenvalue weighted by atomic mass is 10.1. The Hall–Kier alpha value is -2.59. The van der Waals surface area contributed by atoms with Crippen LogP contribution in [0.2, 0.25) is 5.02 Å². The summed E-state index contributed by atoms with van der Waals surface area (Å²) in [5, 5.41) is 12.6. The van der Waals surface area contributed by atoms with E-state index in [0.717, 1.165) is 15.6 Å². The van der Waals surface area contributed by atoms with Crippen molar-refractivity contribution >= 4 is 55.4 Å². The lowest BCUT2D eigenvalue weighted by Crippen LogP contribution is -2.23. The van der Waals surface area contributed by atoms with Gasteiger partial charge in [-0.1, -0.05) is 70.0 Å². The predicted molar refractivity (Wildman–Crippen MR) is 130 cm³/mol. The number of amides is 1. The van der Waals surface area contributed by atoms with Crippen LogP contribution in [0.1, 0.15) is 16.7 Å². The van der Waals surface area contributed by atoms with E-state index in [1.165, 1.54) is 6.08 Å². The fourth-order valence-corrected chi connectivity index (χ4v) is 3.98. The zero-order valence-electron chi connectivity index (χ0n) is 16.2. The molecule has 0 aliphatic rings. The van der Waals surface area contributed by atoms with Crippen molar-refractivity contribution < 1.29 is 9.53 Å². The Kier molecular flexibility index (Phi) is 8.30. The molecule has 0 fully saturated rings. The molecular weight excluding hydrogens is 544 g/mol. The molecule has 7 heteroatoms. The molecule has 0 unspecified atom stereocenters. The van der Waals surface area contributed by atoms with E-state index in [2.05, 4.69) is 37.2 Å². The first kappa shape index (κ1) is 23.1. The molecule has 3 aromatic rings. The van der Waals surface area contributed by atoms with E-state index in [4.69, 9.17) is 16.3 Å². The summed E-state index contributed by atoms with van der Waals surface area (Å²) >= 11 is 13.3. The van der Waals surface area contributed by atoms with Crippen molar-refractivity contribution in [3.63, 3.8) is 0 Å². The lowest BCUT2D eigenvalue weighted by Gasteiger charge is -2.11. The molecule has 3 rings (SSSR count). The Morgan fingerprint density at radius 2 is 1.77 bits per heavy atom. The summed E-state index contributed by atoms with van der Waals surface area (Å²) in [4.78, 5) is 12.4. The second-order valence-electron chi connectivity index (χ2n) is 6.57. The van der Waals surface area contributed by atoms with Gasteiger partial charge in [0.2, 0.25) is 0 Å². The van der Waals surface area contributed by atoms with Gasteiger partial charge >= 0.3 is 0 Å². The molecule has 31 heavy (non-hydrogen) atoms. The SMILES string of the molecule is N#C/C(=C/c1cc(Cl)c(OCc2ccc(Br)cc2)c(Br)c1)C(=O)NCc1ccccc1. The molecule has 0 aromatic heterocycles. The van der Waals surface area contributed by atoms with E-state index in [9.17, 15) is 10.1 Å². The molecule has 0 aliphatic carbocycles. The predicted octanol–water partition coefficient (Wildman–Crippen LogP) is 6.67. The van der Waals surface area contributed by atoms with Gasteiger partial charge in [0.1, 0.15) is 18.2 Å². The molecule has 0 heterocycles. The van der Waals surface area contributed by atoms with Gasteiger partial charge in [0, 0.05) is 11.0 Å². The highest BCUT2D eigenvalue weighted by molar-refractivity contribution is 9.10. The number of rotatable bonds is 7. The number of carbonyl (C=O) groups is 1. The summed E-state index contributed by atoms with van der Waals surface area (Å²) < 4.78 is 7.48. The monoisotopic (exact) mass is 558 g/mol. The highest BCUT2D eigenvalue weighted by Gasteiger charge is 2.13. The first-order valence-electron chi connectivity index (χ1n) is 9.26. The van der Waals surface area contributed by atoms with E-state index in [1.807, 2.05) is 60.7 Å². The zero-order chi connectivity index (χ0) is 22.2. The molecule has 1 N–H and O–H groups in total. The summed E-state index contributed by atoms with van der Waals surface area (Å²) in [7, 11) is 0. The molecule has 0 saturated heterocycles. The molecule has 4 nitrogen and oxygen atoms in total. The summed E-state index contributed by atoms with van der Waals surface area (Å²) in [5.74, 6) is 0.0444. The largest absolute Gasteiger partial charge is 0.486 e. The number of hydrogen-bond acceptors (Lipinski definition) is 3. The summed E-state index contributed by atoms with van der Waals surface area (Å²) in [6, 6.07) is 22.6. The summed E-state index contributed by atoms with van der Waals surface area (Å²) in [6.07, 6.45) is 1.50. The molecule has 0 spiro atoms. The number of ether oxygens (including phenoxy) is 1. The van der Waals surface area contributed by atoms with Crippen LogP contribution in [0, 0.1) is 11.3 Å². The van der Waals surface area contributed by atoms with Crippen molar-refractivity contribution in [1.29, 1.82) is 5.26 Å². The fourth-order valence-electron chi connectivity index (χ4n) is 2.73. The molecule has 156 valence electrons. The third-order valence-electron chi connectivity index (χ3n) is 4.29. The molecule has 1 amide bonds. The average molecular weight is 561 g/mol. The Morgan fingerprint density at radius 3 is 2.42 bits per heavy atom. The van der Waals surface area contributed by atoms with Gasteiger partial charge in [-0.3, -0.25) is 4.79 Å². The number of carbonyl (C=O) groups excluding carboxylic acids is 1. The van der Waals surface area contributed by atoms with E-state index in [1.54, 1.807) is 12.1 Å². The standard InChI is InChI=1S/C24H17Br2ClN2O2/c25-20-8-6-17(7-9-20)15-31-23-21(26)11-18(12-22(23)27)10-19(13-28)24(30)29-14-16-4-2-1-3-5-16/h1-12H,14-15H2,(H,29,30)/b19-10-. The number of halogens is 3. The van der Waals surface area contributed by atoms with Crippen molar-refractivity contribution in [3.8, 4) is 11.8 Å². The second kappa shape index (κ2) is 11.1. The van der Waals surface area contributed by atoms with Gasteiger partial charge in [-0.15, -0.1) is 0 Å². The Balaban J connectivity index is 1.71. The Morgan fingerprint density at radius 1 is 1.06 bits per heavy atom. The van der Waals surface area contributed by atoms with Gasteiger partial charge in [-0.25, -0.2) is 0 Å². The van der Waals surface area contributed by atoms with Crippen LogP contribution in [0.4, 0.5) is 0 Å². The molecule has 0 bridgehead atoms. The number of nitriles is 1. The number of nitrogens with one attached hydrogen (secondary N) is 1. The number of benzene rings is 3. The van der Waals surface area contributed by atoms with Crippen LogP contribution in [-0.4, -0.2) is 5.91 Å². The van der Waals surface area contributed by atoms with Crippen LogP contribution in [-0.2, 0) is 17.9 Å². The molecule has 0 atom stereocenters. The second-order valence-corrected chi connectivity index (χ2v) is 8.74. The quantitative estimate of drug-likeness (QED) is 0.259. The third kappa shape index (κ3) is 6.70. The van der Waals surface area contributed by atoms with Crippen molar-refractivity contribution in [2.24, 2.45) is 0 Å². The van der Waals surface area contributed by atoms with Crippen molar-refractivity contribution in [3.05, 3.63) is 103 Å². The van der Waals surface area contributed by atoms with Crippen LogP contribution in [0.15, 0.2) is 81.2 Å². The maximum absolute atomic E-state index is 12.4. The van der Waals surface area contributed by atoms with Crippen molar-refractivity contribution in [1.82, 2.24) is 5.32 Å². The topological polar surface area (TPSA) is 62.1 Å². The van der Waals surface area contributed by atoms with Crippen molar-refractivity contribution in [2.75, 3.05) is 0 Å². The lowest BCUT2D eigenvalue weighted by molar-refractivity contribution is -0.117. The molecule has 3 aromatic carbocycles. The van der Waals surface area contributed by atoms with Crippen LogP contribution in [0.25, 0.3) is 6.08 Å². The normalized spacial score (nSPS) is 11.0. The maximum Gasteiger partial charge on any atom is 0.262 e. The van der Waals surface area contributed by atoms with Gasteiger partial charge < -0.3 is 10.1 Å². The Bertz CT molecular complexity index is 1120. The first-order valence-corrected chi connectivity index (χ1v) is 11.2. The van der Waals surface area contributed by atoms with Gasteiger partial charge in [-0.2, -0.15) is 5.26 Å². The third-order valence-corrected chi connectivity index (χ3v) is 5.69. The van der Waals surface area contributed by atoms with Crippen LogP contribution in [0.5, 0.6) is 5.75 Å². The van der Waals surface area contributed by atoms with E-state index in [-0.39, 0.29) is 5.57 Å².